The second kappa shape index (κ2) is 9.70. The van der Waals surface area contributed by atoms with Crippen molar-refractivity contribution in [3.63, 3.8) is 0 Å². The Labute approximate surface area is 176 Å². The zero-order valence-electron chi connectivity index (χ0n) is 16.0. The Balaban J connectivity index is 1.55. The molecule has 0 unspecified atom stereocenters. The molecule has 0 saturated carbocycles. The number of hydrogen-bond donors (Lipinski definition) is 1. The molecule has 0 radical (unpaired) electrons. The van der Waals surface area contributed by atoms with E-state index in [1.54, 1.807) is 12.0 Å². The highest BCUT2D eigenvalue weighted by Crippen LogP contribution is 2.29. The van der Waals surface area contributed by atoms with Crippen LogP contribution in [0, 0.1) is 0 Å². The van der Waals surface area contributed by atoms with Crippen LogP contribution in [0.3, 0.4) is 0 Å². The van der Waals surface area contributed by atoms with Gasteiger partial charge in [-0.2, -0.15) is 0 Å². The molecule has 0 bridgehead atoms. The molecule has 1 aromatic heterocycles. The molecule has 1 aromatic carbocycles. The summed E-state index contributed by atoms with van der Waals surface area (Å²) >= 11 is 2.80. The Hall–Kier alpha value is -2.66. The number of methoxy groups -OCH3 is 2. The highest BCUT2D eigenvalue weighted by molar-refractivity contribution is 8.04. The normalized spacial score (nSPS) is 15.2. The van der Waals surface area contributed by atoms with Crippen molar-refractivity contribution in [3.8, 4) is 17.1 Å². The average Bonchev–Trinajstić information content (AvgIpc) is 3.27. The smallest absolute Gasteiger partial charge is 0.333 e. The summed E-state index contributed by atoms with van der Waals surface area (Å²) in [6.07, 6.45) is 2.06. The third-order valence-electron chi connectivity index (χ3n) is 4.12. The van der Waals surface area contributed by atoms with Gasteiger partial charge in [-0.25, -0.2) is 9.47 Å². The predicted molar refractivity (Wildman–Crippen MR) is 112 cm³/mol. The number of rotatable bonds is 8. The molecule has 1 amide bonds. The molecule has 0 atom stereocenters. The molecule has 3 rings (SSSR count). The van der Waals surface area contributed by atoms with Crippen LogP contribution in [0.25, 0.3) is 11.4 Å². The number of nitrogens with two attached hydrogens (primary N) is 1. The lowest BCUT2D eigenvalue weighted by molar-refractivity contribution is -0.134. The van der Waals surface area contributed by atoms with E-state index in [0.717, 1.165) is 11.3 Å². The van der Waals surface area contributed by atoms with E-state index in [2.05, 4.69) is 14.9 Å². The molecule has 2 N–H and O–H groups in total. The molecule has 1 aliphatic rings. The van der Waals surface area contributed by atoms with Crippen LogP contribution in [0.4, 0.5) is 0 Å². The van der Waals surface area contributed by atoms with Crippen LogP contribution in [0.5, 0.6) is 5.75 Å². The lowest BCUT2D eigenvalue weighted by Crippen LogP contribution is -2.26. The SMILES string of the molecule is COC(=O)/C=C1/SCC(=O)N1CCCSc1nnc(-c2ccc(OC)cc2)n1N. The number of carbonyl (C=O) groups is 2. The largest absolute Gasteiger partial charge is 0.497 e. The highest BCUT2D eigenvalue weighted by atomic mass is 32.2. The fourth-order valence-corrected chi connectivity index (χ4v) is 4.36. The predicted octanol–water partition coefficient (Wildman–Crippen LogP) is 1.74. The van der Waals surface area contributed by atoms with Crippen LogP contribution in [0.2, 0.25) is 0 Å². The third kappa shape index (κ3) is 5.04. The van der Waals surface area contributed by atoms with Crippen molar-refractivity contribution in [1.82, 2.24) is 19.8 Å². The number of benzene rings is 1. The van der Waals surface area contributed by atoms with Crippen molar-refractivity contribution in [2.75, 3.05) is 38.1 Å². The molecule has 11 heteroatoms. The topological polar surface area (TPSA) is 113 Å². The van der Waals surface area contributed by atoms with Crippen molar-refractivity contribution in [2.45, 2.75) is 11.6 Å². The number of ether oxygens (including phenoxy) is 2. The second-order valence-corrected chi connectivity index (χ2v) is 8.00. The molecular formula is C18H21N5O4S2. The summed E-state index contributed by atoms with van der Waals surface area (Å²) < 4.78 is 11.2. The minimum Gasteiger partial charge on any atom is -0.497 e. The number of amides is 1. The standard InChI is InChI=1S/C18H21N5O4S2/c1-26-13-6-4-12(5-7-13)17-20-21-18(23(17)19)28-9-3-8-22-14(24)11-29-15(22)10-16(25)27-2/h4-7,10H,3,8-9,11,19H2,1-2H3/b15-10+. The van der Waals surface area contributed by atoms with Gasteiger partial charge in [-0.15, -0.1) is 10.2 Å². The molecule has 9 nitrogen and oxygen atoms in total. The first kappa shape index (κ1) is 21.1. The Morgan fingerprint density at radius 2 is 2.07 bits per heavy atom. The van der Waals surface area contributed by atoms with Crippen LogP contribution in [-0.2, 0) is 14.3 Å². The summed E-state index contributed by atoms with van der Waals surface area (Å²) in [5.41, 5.74) is 0.838. The molecule has 1 fully saturated rings. The fourth-order valence-electron chi connectivity index (χ4n) is 2.63. The van der Waals surface area contributed by atoms with Crippen molar-refractivity contribution in [3.05, 3.63) is 35.4 Å². The van der Waals surface area contributed by atoms with Crippen molar-refractivity contribution < 1.29 is 19.1 Å². The van der Waals surface area contributed by atoms with Gasteiger partial charge in [0.05, 0.1) is 31.1 Å². The quantitative estimate of drug-likeness (QED) is 0.218. The van der Waals surface area contributed by atoms with Gasteiger partial charge in [0.1, 0.15) is 5.75 Å². The second-order valence-electron chi connectivity index (χ2n) is 5.95. The van der Waals surface area contributed by atoms with E-state index >= 15 is 0 Å². The number of esters is 1. The average molecular weight is 436 g/mol. The monoisotopic (exact) mass is 435 g/mol. The van der Waals surface area contributed by atoms with Crippen LogP contribution >= 0.6 is 23.5 Å². The Kier molecular flexibility index (Phi) is 7.04. The van der Waals surface area contributed by atoms with Crippen molar-refractivity contribution >= 4 is 35.4 Å². The minimum atomic E-state index is -0.469. The van der Waals surface area contributed by atoms with Gasteiger partial charge in [-0.1, -0.05) is 23.5 Å². The fraction of sp³-hybridized carbons (Fsp3) is 0.333. The molecule has 0 aliphatic carbocycles. The first-order valence-corrected chi connectivity index (χ1v) is 10.7. The maximum absolute atomic E-state index is 12.0. The lowest BCUT2D eigenvalue weighted by Gasteiger charge is -2.16. The zero-order chi connectivity index (χ0) is 20.8. The molecular weight excluding hydrogens is 414 g/mol. The van der Waals surface area contributed by atoms with Crippen molar-refractivity contribution in [1.29, 1.82) is 0 Å². The number of carbonyl (C=O) groups excluding carboxylic acids is 2. The van der Waals surface area contributed by atoms with Crippen molar-refractivity contribution in [2.24, 2.45) is 0 Å². The molecule has 29 heavy (non-hydrogen) atoms. The summed E-state index contributed by atoms with van der Waals surface area (Å²) in [5.74, 6) is 7.99. The van der Waals surface area contributed by atoms with Gasteiger partial charge < -0.3 is 20.2 Å². The molecule has 2 heterocycles. The van der Waals surface area contributed by atoms with Gasteiger partial charge >= 0.3 is 5.97 Å². The van der Waals surface area contributed by atoms with Crippen LogP contribution in [0.1, 0.15) is 6.42 Å². The summed E-state index contributed by atoms with van der Waals surface area (Å²) in [4.78, 5) is 25.1. The maximum Gasteiger partial charge on any atom is 0.333 e. The molecule has 0 spiro atoms. The highest BCUT2D eigenvalue weighted by Gasteiger charge is 2.27. The number of hydrogen-bond acceptors (Lipinski definition) is 9. The van der Waals surface area contributed by atoms with Crippen LogP contribution in [0.15, 0.2) is 40.5 Å². The number of aromatic nitrogens is 3. The summed E-state index contributed by atoms with van der Waals surface area (Å²) in [7, 11) is 2.92. The van der Waals surface area contributed by atoms with E-state index in [9.17, 15) is 9.59 Å². The van der Waals surface area contributed by atoms with E-state index in [0.29, 0.717) is 40.5 Å². The van der Waals surface area contributed by atoms with Crippen LogP contribution in [-0.4, -0.2) is 63.9 Å². The number of nitrogens with zero attached hydrogens (tertiary/aromatic N) is 4. The first-order valence-electron chi connectivity index (χ1n) is 8.74. The molecule has 154 valence electrons. The van der Waals surface area contributed by atoms with E-state index in [-0.39, 0.29) is 5.91 Å². The van der Waals surface area contributed by atoms with Gasteiger partial charge in [0.2, 0.25) is 11.1 Å². The lowest BCUT2D eigenvalue weighted by atomic mass is 10.2. The Morgan fingerprint density at radius 1 is 1.31 bits per heavy atom. The van der Waals surface area contributed by atoms with Crippen LogP contribution < -0.4 is 10.6 Å². The van der Waals surface area contributed by atoms with E-state index < -0.39 is 5.97 Å². The molecule has 1 saturated heterocycles. The van der Waals surface area contributed by atoms with E-state index in [1.807, 2.05) is 24.3 Å². The maximum atomic E-state index is 12.0. The molecule has 1 aliphatic heterocycles. The first-order chi connectivity index (χ1) is 14.0. The van der Waals surface area contributed by atoms with Gasteiger partial charge in [0.15, 0.2) is 5.82 Å². The van der Waals surface area contributed by atoms with Gasteiger partial charge in [0, 0.05) is 17.9 Å². The van der Waals surface area contributed by atoms with Gasteiger partial charge in [-0.3, -0.25) is 4.79 Å². The number of thioether (sulfide) groups is 2. The summed E-state index contributed by atoms with van der Waals surface area (Å²) in [6.45, 7) is 0.506. The Morgan fingerprint density at radius 3 is 2.76 bits per heavy atom. The van der Waals surface area contributed by atoms with Gasteiger partial charge in [-0.05, 0) is 30.7 Å². The minimum absolute atomic E-state index is 0.0149. The third-order valence-corrected chi connectivity index (χ3v) is 6.18. The molecule has 2 aromatic rings. The summed E-state index contributed by atoms with van der Waals surface area (Å²) in [5, 5.41) is 9.52. The number of nitrogen functional groups attached to an aromatic ring is 1. The van der Waals surface area contributed by atoms with E-state index in [1.165, 1.54) is 41.4 Å². The zero-order valence-corrected chi connectivity index (χ0v) is 17.7. The Bertz CT molecular complexity index is 913. The van der Waals surface area contributed by atoms with Gasteiger partial charge in [0.25, 0.3) is 0 Å². The summed E-state index contributed by atoms with van der Waals surface area (Å²) in [6, 6.07) is 7.40. The van der Waals surface area contributed by atoms with E-state index in [4.69, 9.17) is 10.6 Å².